The largest absolute Gasteiger partial charge is 0.373 e. The standard InChI is InChI=1S/C20H25N3O3S/c24-27(25,22-23-12-10-21-11-13-23)18-7-5-16(6-8-18)15-20-19-4-2-1-3-17(19)9-14-26-20/h1-8,20-22H,9-15H2. The summed E-state index contributed by atoms with van der Waals surface area (Å²) in [6.07, 6.45) is 1.71. The molecule has 2 aromatic carbocycles. The second kappa shape index (κ2) is 8.08. The zero-order valence-electron chi connectivity index (χ0n) is 15.2. The molecule has 0 aliphatic carbocycles. The van der Waals surface area contributed by atoms with Gasteiger partial charge in [-0.1, -0.05) is 36.4 Å². The van der Waals surface area contributed by atoms with E-state index in [1.165, 1.54) is 11.1 Å². The van der Waals surface area contributed by atoms with Crippen molar-refractivity contribution >= 4 is 10.0 Å². The molecule has 0 saturated carbocycles. The predicted molar refractivity (Wildman–Crippen MR) is 104 cm³/mol. The highest BCUT2D eigenvalue weighted by Gasteiger charge is 2.22. The fraction of sp³-hybridized carbons (Fsp3) is 0.400. The van der Waals surface area contributed by atoms with Crippen LogP contribution in [0.2, 0.25) is 0 Å². The van der Waals surface area contributed by atoms with Gasteiger partial charge in [-0.2, -0.15) is 0 Å². The SMILES string of the molecule is O=S(=O)(NN1CCNCC1)c1ccc(CC2OCCc3ccccc32)cc1. The second-order valence-corrected chi connectivity index (χ2v) is 8.65. The summed E-state index contributed by atoms with van der Waals surface area (Å²) in [5, 5.41) is 4.95. The normalized spacial score (nSPS) is 21.0. The van der Waals surface area contributed by atoms with Crippen LogP contribution in [0.4, 0.5) is 0 Å². The van der Waals surface area contributed by atoms with Crippen LogP contribution < -0.4 is 10.1 Å². The van der Waals surface area contributed by atoms with Crippen molar-refractivity contribution in [3.8, 4) is 0 Å². The average molecular weight is 388 g/mol. The van der Waals surface area contributed by atoms with Crippen molar-refractivity contribution in [3.05, 3.63) is 65.2 Å². The quantitative estimate of drug-likeness (QED) is 0.816. The minimum atomic E-state index is -3.54. The number of fused-ring (bicyclic) bond motifs is 1. The van der Waals surface area contributed by atoms with Crippen LogP contribution in [0, 0.1) is 0 Å². The number of piperazine rings is 1. The van der Waals surface area contributed by atoms with E-state index in [0.29, 0.717) is 13.1 Å². The van der Waals surface area contributed by atoms with E-state index in [1.54, 1.807) is 17.1 Å². The summed E-state index contributed by atoms with van der Waals surface area (Å²) in [6, 6.07) is 15.5. The highest BCUT2D eigenvalue weighted by atomic mass is 32.2. The molecule has 0 spiro atoms. The van der Waals surface area contributed by atoms with Crippen molar-refractivity contribution in [2.45, 2.75) is 23.8 Å². The zero-order valence-corrected chi connectivity index (χ0v) is 16.0. The zero-order chi connectivity index (χ0) is 18.7. The molecule has 1 saturated heterocycles. The van der Waals surface area contributed by atoms with E-state index in [0.717, 1.165) is 38.1 Å². The van der Waals surface area contributed by atoms with E-state index in [9.17, 15) is 8.42 Å². The highest BCUT2D eigenvalue weighted by Crippen LogP contribution is 2.30. The maximum Gasteiger partial charge on any atom is 0.253 e. The van der Waals surface area contributed by atoms with Gasteiger partial charge in [-0.15, -0.1) is 4.83 Å². The van der Waals surface area contributed by atoms with Gasteiger partial charge in [-0.25, -0.2) is 13.4 Å². The summed E-state index contributed by atoms with van der Waals surface area (Å²) in [5.74, 6) is 0. The Morgan fingerprint density at radius 2 is 1.81 bits per heavy atom. The van der Waals surface area contributed by atoms with Gasteiger partial charge in [0.15, 0.2) is 0 Å². The third kappa shape index (κ3) is 4.39. The second-order valence-electron chi connectivity index (χ2n) is 6.99. The molecule has 0 bridgehead atoms. The Morgan fingerprint density at radius 3 is 2.59 bits per heavy atom. The number of hydrogen-bond acceptors (Lipinski definition) is 5. The van der Waals surface area contributed by atoms with E-state index < -0.39 is 10.0 Å². The molecule has 2 aliphatic heterocycles. The molecule has 1 fully saturated rings. The van der Waals surface area contributed by atoms with Crippen molar-refractivity contribution in [3.63, 3.8) is 0 Å². The first kappa shape index (κ1) is 18.6. The maximum atomic E-state index is 12.6. The van der Waals surface area contributed by atoms with Crippen molar-refractivity contribution < 1.29 is 13.2 Å². The van der Waals surface area contributed by atoms with Crippen molar-refractivity contribution in [2.24, 2.45) is 0 Å². The van der Waals surface area contributed by atoms with Gasteiger partial charge >= 0.3 is 0 Å². The summed E-state index contributed by atoms with van der Waals surface area (Å²) in [7, 11) is -3.54. The molecular weight excluding hydrogens is 362 g/mol. The Bertz CT molecular complexity index is 878. The van der Waals surface area contributed by atoms with Gasteiger partial charge in [-0.05, 0) is 35.2 Å². The Hall–Kier alpha value is -1.77. The summed E-state index contributed by atoms with van der Waals surface area (Å²) in [5.41, 5.74) is 3.65. The molecule has 4 rings (SSSR count). The Balaban J connectivity index is 1.45. The summed E-state index contributed by atoms with van der Waals surface area (Å²) in [6.45, 7) is 3.61. The smallest absolute Gasteiger partial charge is 0.253 e. The summed E-state index contributed by atoms with van der Waals surface area (Å²) < 4.78 is 31.1. The molecule has 2 heterocycles. The molecule has 27 heavy (non-hydrogen) atoms. The topological polar surface area (TPSA) is 70.7 Å². The number of ether oxygens (including phenoxy) is 1. The predicted octanol–water partition coefficient (Wildman–Crippen LogP) is 1.64. The van der Waals surface area contributed by atoms with E-state index in [1.807, 2.05) is 18.2 Å². The summed E-state index contributed by atoms with van der Waals surface area (Å²) in [4.78, 5) is 2.95. The average Bonchev–Trinajstić information content (AvgIpc) is 2.69. The van der Waals surface area contributed by atoms with Crippen LogP contribution in [-0.2, 0) is 27.6 Å². The number of nitrogens with zero attached hydrogens (tertiary/aromatic N) is 1. The summed E-state index contributed by atoms with van der Waals surface area (Å²) >= 11 is 0. The first-order valence-corrected chi connectivity index (χ1v) is 10.9. The number of nitrogens with one attached hydrogen (secondary N) is 2. The van der Waals surface area contributed by atoms with Crippen LogP contribution in [0.1, 0.15) is 22.8 Å². The lowest BCUT2D eigenvalue weighted by molar-refractivity contribution is 0.0427. The Morgan fingerprint density at radius 1 is 1.07 bits per heavy atom. The van der Waals surface area contributed by atoms with Gasteiger partial charge < -0.3 is 10.1 Å². The monoisotopic (exact) mass is 387 g/mol. The van der Waals surface area contributed by atoms with E-state index in [-0.39, 0.29) is 11.0 Å². The fourth-order valence-electron chi connectivity index (χ4n) is 3.64. The molecule has 7 heteroatoms. The molecule has 0 aromatic heterocycles. The van der Waals surface area contributed by atoms with Crippen LogP contribution in [0.25, 0.3) is 0 Å². The van der Waals surface area contributed by atoms with Gasteiger partial charge in [0, 0.05) is 32.6 Å². The molecule has 2 N–H and O–H groups in total. The van der Waals surface area contributed by atoms with E-state index in [4.69, 9.17) is 4.74 Å². The van der Waals surface area contributed by atoms with E-state index >= 15 is 0 Å². The third-order valence-corrected chi connectivity index (χ3v) is 6.50. The maximum absolute atomic E-state index is 12.6. The Kier molecular flexibility index (Phi) is 5.56. The highest BCUT2D eigenvalue weighted by molar-refractivity contribution is 7.89. The number of sulfonamides is 1. The minimum Gasteiger partial charge on any atom is -0.373 e. The number of hydrazine groups is 1. The van der Waals surface area contributed by atoms with Gasteiger partial charge in [0.25, 0.3) is 10.0 Å². The number of hydrogen-bond donors (Lipinski definition) is 2. The van der Waals surface area contributed by atoms with Gasteiger partial charge in [0.05, 0.1) is 17.6 Å². The lowest BCUT2D eigenvalue weighted by Gasteiger charge is -2.27. The van der Waals surface area contributed by atoms with Crippen molar-refractivity contribution in [1.29, 1.82) is 0 Å². The van der Waals surface area contributed by atoms with Crippen molar-refractivity contribution in [2.75, 3.05) is 32.8 Å². The number of rotatable bonds is 5. The lowest BCUT2D eigenvalue weighted by atomic mass is 9.93. The first-order valence-electron chi connectivity index (χ1n) is 9.38. The van der Waals surface area contributed by atoms with Crippen LogP contribution in [0.5, 0.6) is 0 Å². The number of benzene rings is 2. The van der Waals surface area contributed by atoms with Gasteiger partial charge in [0.1, 0.15) is 0 Å². The molecule has 0 radical (unpaired) electrons. The van der Waals surface area contributed by atoms with E-state index in [2.05, 4.69) is 28.3 Å². The van der Waals surface area contributed by atoms with Gasteiger partial charge in [-0.3, -0.25) is 0 Å². The molecule has 2 aliphatic rings. The molecule has 0 amide bonds. The minimum absolute atomic E-state index is 0.0244. The van der Waals surface area contributed by atoms with Crippen LogP contribution >= 0.6 is 0 Å². The van der Waals surface area contributed by atoms with Crippen LogP contribution in [0.3, 0.4) is 0 Å². The third-order valence-electron chi connectivity index (χ3n) is 5.11. The fourth-order valence-corrected chi connectivity index (χ4v) is 4.77. The molecule has 2 aromatic rings. The lowest BCUT2D eigenvalue weighted by Crippen LogP contribution is -2.52. The van der Waals surface area contributed by atoms with Crippen molar-refractivity contribution in [1.82, 2.24) is 15.2 Å². The Labute approximate surface area is 160 Å². The van der Waals surface area contributed by atoms with Crippen LogP contribution in [0.15, 0.2) is 53.4 Å². The molecular formula is C20H25N3O3S. The molecule has 144 valence electrons. The van der Waals surface area contributed by atoms with Crippen LogP contribution in [-0.4, -0.2) is 46.2 Å². The molecule has 1 atom stereocenters. The molecule has 1 unspecified atom stereocenters. The molecule has 6 nitrogen and oxygen atoms in total. The van der Waals surface area contributed by atoms with Gasteiger partial charge in [0.2, 0.25) is 0 Å². The first-order chi connectivity index (χ1) is 13.1.